The number of nitrogens with zero attached hydrogens (tertiary/aromatic N) is 1. The fraction of sp³-hybridized carbons (Fsp3) is 0.455. The largest absolute Gasteiger partial charge is 0.479 e. The summed E-state index contributed by atoms with van der Waals surface area (Å²) < 4.78 is 1.69. The average Bonchev–Trinajstić information content (AvgIpc) is 2.67. The first-order chi connectivity index (χ1) is 8.45. The molecule has 100 valence electrons. The van der Waals surface area contributed by atoms with Crippen LogP contribution in [0.25, 0.3) is 0 Å². The fourth-order valence-corrected chi connectivity index (χ4v) is 1.68. The molecule has 1 unspecified atom stereocenters. The van der Waals surface area contributed by atoms with Crippen LogP contribution in [0.2, 0.25) is 5.02 Å². The van der Waals surface area contributed by atoms with Crippen molar-refractivity contribution in [3.8, 4) is 0 Å². The Morgan fingerprint density at radius 1 is 1.56 bits per heavy atom. The number of aliphatic carboxylic acids is 1. The van der Waals surface area contributed by atoms with Crippen molar-refractivity contribution < 1.29 is 19.8 Å². The van der Waals surface area contributed by atoms with Crippen LogP contribution in [0.4, 0.5) is 0 Å². The van der Waals surface area contributed by atoms with E-state index >= 15 is 0 Å². The van der Waals surface area contributed by atoms with Crippen LogP contribution in [-0.2, 0) is 11.3 Å². The summed E-state index contributed by atoms with van der Waals surface area (Å²) in [4.78, 5) is 22.2. The number of aliphatic hydroxyl groups is 1. The van der Waals surface area contributed by atoms with E-state index in [2.05, 4.69) is 5.32 Å². The molecule has 1 rings (SSSR count). The molecule has 0 aliphatic carbocycles. The number of aliphatic hydroxyl groups excluding tert-OH is 1. The predicted molar refractivity (Wildman–Crippen MR) is 65.7 cm³/mol. The average molecular weight is 275 g/mol. The first-order valence-electron chi connectivity index (χ1n) is 5.50. The maximum Gasteiger partial charge on any atom is 0.334 e. The van der Waals surface area contributed by atoms with Crippen LogP contribution in [0.15, 0.2) is 12.3 Å². The summed E-state index contributed by atoms with van der Waals surface area (Å²) in [7, 11) is 0. The van der Waals surface area contributed by atoms with Crippen molar-refractivity contribution in [2.45, 2.75) is 26.0 Å². The van der Waals surface area contributed by atoms with Gasteiger partial charge < -0.3 is 20.1 Å². The zero-order valence-electron chi connectivity index (χ0n) is 9.89. The number of rotatable bonds is 6. The van der Waals surface area contributed by atoms with Gasteiger partial charge in [0.2, 0.25) is 0 Å². The standard InChI is InChI=1S/C11H15ClN2O4/c1-2-3-14-6-7(12)4-8(14)10(16)13-5-9(15)11(17)18/h4,6,9,15H,2-3,5H2,1H3,(H,13,16)(H,17,18). The second-order valence-electron chi connectivity index (χ2n) is 3.80. The molecule has 18 heavy (non-hydrogen) atoms. The normalized spacial score (nSPS) is 12.2. The fourth-order valence-electron chi connectivity index (χ4n) is 1.46. The molecule has 0 fully saturated rings. The van der Waals surface area contributed by atoms with Gasteiger partial charge in [0.15, 0.2) is 6.10 Å². The number of hydrogen-bond acceptors (Lipinski definition) is 3. The molecule has 1 aromatic heterocycles. The van der Waals surface area contributed by atoms with Crippen LogP contribution in [-0.4, -0.2) is 39.3 Å². The third kappa shape index (κ3) is 3.75. The van der Waals surface area contributed by atoms with Crippen molar-refractivity contribution >= 4 is 23.5 Å². The van der Waals surface area contributed by atoms with Crippen molar-refractivity contribution in [3.63, 3.8) is 0 Å². The van der Waals surface area contributed by atoms with E-state index in [4.69, 9.17) is 21.8 Å². The number of hydrogen-bond donors (Lipinski definition) is 3. The minimum Gasteiger partial charge on any atom is -0.479 e. The van der Waals surface area contributed by atoms with Gasteiger partial charge in [-0.1, -0.05) is 18.5 Å². The maximum atomic E-state index is 11.8. The maximum absolute atomic E-state index is 11.8. The van der Waals surface area contributed by atoms with E-state index in [1.165, 1.54) is 6.07 Å². The van der Waals surface area contributed by atoms with E-state index in [1.807, 2.05) is 6.92 Å². The number of carboxylic acids is 1. The molecule has 1 heterocycles. The van der Waals surface area contributed by atoms with Gasteiger partial charge in [0.05, 0.1) is 11.6 Å². The lowest BCUT2D eigenvalue weighted by Crippen LogP contribution is -2.37. The number of nitrogens with one attached hydrogen (secondary N) is 1. The van der Waals surface area contributed by atoms with E-state index in [-0.39, 0.29) is 6.54 Å². The molecule has 7 heteroatoms. The minimum absolute atomic E-state index is 0.344. The van der Waals surface area contributed by atoms with Crippen LogP contribution in [0.5, 0.6) is 0 Å². The van der Waals surface area contributed by atoms with Crippen molar-refractivity contribution in [3.05, 3.63) is 23.0 Å². The molecule has 1 aromatic rings. The molecular formula is C11H15ClN2O4. The lowest BCUT2D eigenvalue weighted by molar-refractivity contribution is -0.146. The molecule has 0 spiro atoms. The topological polar surface area (TPSA) is 91.6 Å². The summed E-state index contributed by atoms with van der Waals surface area (Å²) in [5.74, 6) is -1.84. The molecule has 0 saturated heterocycles. The van der Waals surface area contributed by atoms with Crippen molar-refractivity contribution in [2.75, 3.05) is 6.54 Å². The Balaban J connectivity index is 2.69. The summed E-state index contributed by atoms with van der Waals surface area (Å²) in [6.07, 6.45) is 0.857. The van der Waals surface area contributed by atoms with Gasteiger partial charge >= 0.3 is 5.97 Å². The first kappa shape index (κ1) is 14.5. The highest BCUT2D eigenvalue weighted by Gasteiger charge is 2.17. The van der Waals surface area contributed by atoms with E-state index < -0.39 is 18.0 Å². The summed E-state index contributed by atoms with van der Waals surface area (Å²) in [6, 6.07) is 1.50. The molecule has 1 atom stereocenters. The predicted octanol–water partition coefficient (Wildman–Crippen LogP) is 0.727. The Labute approximate surface area is 109 Å². The quantitative estimate of drug-likeness (QED) is 0.713. The SMILES string of the molecule is CCCn1cc(Cl)cc1C(=O)NCC(O)C(=O)O. The van der Waals surface area contributed by atoms with Gasteiger partial charge in [-0.25, -0.2) is 4.79 Å². The lowest BCUT2D eigenvalue weighted by Gasteiger charge is -2.10. The third-order valence-electron chi connectivity index (χ3n) is 2.30. The van der Waals surface area contributed by atoms with Crippen molar-refractivity contribution in [2.24, 2.45) is 0 Å². The number of halogens is 1. The van der Waals surface area contributed by atoms with Gasteiger partial charge in [-0.15, -0.1) is 0 Å². The van der Waals surface area contributed by atoms with Crippen LogP contribution in [0.3, 0.4) is 0 Å². The Kier molecular flexibility index (Phi) is 5.18. The molecule has 3 N–H and O–H groups in total. The number of carbonyl (C=O) groups is 2. The molecule has 6 nitrogen and oxygen atoms in total. The van der Waals surface area contributed by atoms with Crippen LogP contribution < -0.4 is 5.32 Å². The molecule has 0 radical (unpaired) electrons. The van der Waals surface area contributed by atoms with Gasteiger partial charge in [-0.2, -0.15) is 0 Å². The van der Waals surface area contributed by atoms with Crippen LogP contribution >= 0.6 is 11.6 Å². The zero-order valence-corrected chi connectivity index (χ0v) is 10.6. The van der Waals surface area contributed by atoms with Gasteiger partial charge in [0.25, 0.3) is 5.91 Å². The number of carboxylic acid groups (broad SMARTS) is 1. The summed E-state index contributed by atoms with van der Waals surface area (Å²) in [5, 5.41) is 20.3. The minimum atomic E-state index is -1.61. The van der Waals surface area contributed by atoms with Crippen LogP contribution in [0.1, 0.15) is 23.8 Å². The van der Waals surface area contributed by atoms with Gasteiger partial charge in [-0.3, -0.25) is 4.79 Å². The highest BCUT2D eigenvalue weighted by atomic mass is 35.5. The van der Waals surface area contributed by atoms with Crippen molar-refractivity contribution in [1.82, 2.24) is 9.88 Å². The Morgan fingerprint density at radius 2 is 2.22 bits per heavy atom. The Morgan fingerprint density at radius 3 is 2.78 bits per heavy atom. The number of aryl methyl sites for hydroxylation is 1. The lowest BCUT2D eigenvalue weighted by atomic mass is 10.3. The van der Waals surface area contributed by atoms with Crippen molar-refractivity contribution in [1.29, 1.82) is 0 Å². The number of carbonyl (C=O) groups excluding carboxylic acids is 1. The monoisotopic (exact) mass is 274 g/mol. The summed E-state index contributed by atoms with van der Waals surface area (Å²) in [5.41, 5.74) is 0.347. The number of amides is 1. The summed E-state index contributed by atoms with van der Waals surface area (Å²) in [6.45, 7) is 2.25. The second-order valence-corrected chi connectivity index (χ2v) is 4.24. The molecule has 0 aliphatic heterocycles. The van der Waals surface area contributed by atoms with Gasteiger partial charge in [0.1, 0.15) is 5.69 Å². The Bertz CT molecular complexity index is 444. The molecule has 0 bridgehead atoms. The molecule has 1 amide bonds. The van der Waals surface area contributed by atoms with E-state index in [1.54, 1.807) is 10.8 Å². The Hall–Kier alpha value is -1.53. The third-order valence-corrected chi connectivity index (χ3v) is 2.51. The summed E-state index contributed by atoms with van der Waals surface area (Å²) >= 11 is 5.81. The first-order valence-corrected chi connectivity index (χ1v) is 5.88. The second kappa shape index (κ2) is 6.42. The van der Waals surface area contributed by atoms with E-state index in [0.29, 0.717) is 17.3 Å². The molecular weight excluding hydrogens is 260 g/mol. The van der Waals surface area contributed by atoms with E-state index in [9.17, 15) is 9.59 Å². The smallest absolute Gasteiger partial charge is 0.334 e. The van der Waals surface area contributed by atoms with Crippen LogP contribution in [0, 0.1) is 0 Å². The van der Waals surface area contributed by atoms with Gasteiger partial charge in [-0.05, 0) is 12.5 Å². The van der Waals surface area contributed by atoms with E-state index in [0.717, 1.165) is 6.42 Å². The molecule has 0 aromatic carbocycles. The molecule has 0 saturated carbocycles. The molecule has 0 aliphatic rings. The highest BCUT2D eigenvalue weighted by molar-refractivity contribution is 6.31. The number of aromatic nitrogens is 1. The highest BCUT2D eigenvalue weighted by Crippen LogP contribution is 2.14. The van der Waals surface area contributed by atoms with Gasteiger partial charge in [0, 0.05) is 12.7 Å². The zero-order chi connectivity index (χ0) is 13.7.